The van der Waals surface area contributed by atoms with E-state index in [2.05, 4.69) is 0 Å². The number of carbonyl (C=O) groups is 1. The third kappa shape index (κ3) is 2.15. The average Bonchev–Trinajstić information content (AvgIpc) is 2.99. The summed E-state index contributed by atoms with van der Waals surface area (Å²) in [5.41, 5.74) is 0. The Morgan fingerprint density at radius 3 is 2.39 bits per heavy atom. The van der Waals surface area contributed by atoms with Crippen LogP contribution in [0.1, 0.15) is 26.2 Å². The molecule has 1 amide bonds. The molecule has 3 heterocycles. The van der Waals surface area contributed by atoms with Gasteiger partial charge < -0.3 is 19.1 Å². The zero-order valence-electron chi connectivity index (χ0n) is 10.9. The summed E-state index contributed by atoms with van der Waals surface area (Å²) in [6, 6.07) is 0. The number of hydrogen-bond acceptors (Lipinski definition) is 4. The van der Waals surface area contributed by atoms with E-state index in [4.69, 9.17) is 14.2 Å². The lowest BCUT2D eigenvalue weighted by atomic mass is 9.97. The average molecular weight is 255 g/mol. The number of likely N-dealkylation sites (tertiary alicyclic amines) is 1. The molecule has 2 unspecified atom stereocenters. The van der Waals surface area contributed by atoms with Crippen LogP contribution in [-0.4, -0.2) is 55.6 Å². The monoisotopic (exact) mass is 255 g/mol. The fourth-order valence-electron chi connectivity index (χ4n) is 3.14. The van der Waals surface area contributed by atoms with Crippen LogP contribution in [0.5, 0.6) is 0 Å². The summed E-state index contributed by atoms with van der Waals surface area (Å²) in [7, 11) is 0. The number of nitrogens with zero attached hydrogens (tertiary/aromatic N) is 1. The van der Waals surface area contributed by atoms with Crippen LogP contribution in [0.3, 0.4) is 0 Å². The van der Waals surface area contributed by atoms with Gasteiger partial charge in [0.2, 0.25) is 5.91 Å². The van der Waals surface area contributed by atoms with Crippen molar-refractivity contribution in [2.24, 2.45) is 5.92 Å². The second-order valence-electron chi connectivity index (χ2n) is 5.40. The van der Waals surface area contributed by atoms with Gasteiger partial charge in [-0.3, -0.25) is 4.79 Å². The van der Waals surface area contributed by atoms with Gasteiger partial charge in [-0.1, -0.05) is 0 Å². The molecule has 102 valence electrons. The largest absolute Gasteiger partial charge is 0.378 e. The van der Waals surface area contributed by atoms with Crippen molar-refractivity contribution < 1.29 is 19.0 Å². The lowest BCUT2D eigenvalue weighted by molar-refractivity contribution is -0.188. The van der Waals surface area contributed by atoms with Crippen LogP contribution in [0.15, 0.2) is 0 Å². The third-order valence-electron chi connectivity index (χ3n) is 4.34. The maximum atomic E-state index is 12.4. The lowest BCUT2D eigenvalue weighted by Gasteiger charge is -2.38. The van der Waals surface area contributed by atoms with Crippen molar-refractivity contribution in [2.45, 2.75) is 38.1 Å². The zero-order chi connectivity index (χ0) is 12.6. The van der Waals surface area contributed by atoms with E-state index < -0.39 is 5.79 Å². The van der Waals surface area contributed by atoms with E-state index in [1.807, 2.05) is 11.8 Å². The molecule has 18 heavy (non-hydrogen) atoms. The molecule has 5 heteroatoms. The molecule has 2 atom stereocenters. The van der Waals surface area contributed by atoms with Crippen molar-refractivity contribution in [3.05, 3.63) is 0 Å². The van der Waals surface area contributed by atoms with E-state index in [1.54, 1.807) is 0 Å². The Balaban J connectivity index is 1.57. The van der Waals surface area contributed by atoms with Crippen molar-refractivity contribution in [1.82, 2.24) is 4.90 Å². The molecule has 0 aromatic rings. The highest BCUT2D eigenvalue weighted by molar-refractivity contribution is 5.79. The van der Waals surface area contributed by atoms with Crippen LogP contribution in [0.2, 0.25) is 0 Å². The molecule has 3 saturated heterocycles. The summed E-state index contributed by atoms with van der Waals surface area (Å²) in [6.45, 7) is 5.54. The summed E-state index contributed by atoms with van der Waals surface area (Å²) < 4.78 is 16.8. The SMILES string of the molecule is CC1OCCC1C(=O)N1CCC2(CC1)OCCO2. The molecule has 0 radical (unpaired) electrons. The molecular weight excluding hydrogens is 234 g/mol. The highest BCUT2D eigenvalue weighted by Gasteiger charge is 2.42. The second kappa shape index (κ2) is 4.79. The van der Waals surface area contributed by atoms with Crippen molar-refractivity contribution in [3.8, 4) is 0 Å². The van der Waals surface area contributed by atoms with Gasteiger partial charge in [-0.15, -0.1) is 0 Å². The van der Waals surface area contributed by atoms with Crippen LogP contribution < -0.4 is 0 Å². The van der Waals surface area contributed by atoms with E-state index in [0.717, 1.165) is 32.4 Å². The summed E-state index contributed by atoms with van der Waals surface area (Å²) in [6.07, 6.45) is 2.50. The van der Waals surface area contributed by atoms with Gasteiger partial charge in [0.05, 0.1) is 25.2 Å². The first-order valence-electron chi connectivity index (χ1n) is 6.88. The molecular formula is C13H21NO4. The highest BCUT2D eigenvalue weighted by Crippen LogP contribution is 2.32. The molecule has 0 saturated carbocycles. The normalized spacial score (nSPS) is 35.3. The first kappa shape index (κ1) is 12.4. The molecule has 3 rings (SSSR count). The fraction of sp³-hybridized carbons (Fsp3) is 0.923. The first-order valence-corrected chi connectivity index (χ1v) is 6.88. The van der Waals surface area contributed by atoms with E-state index >= 15 is 0 Å². The molecule has 0 aliphatic carbocycles. The molecule has 0 aromatic carbocycles. The quantitative estimate of drug-likeness (QED) is 0.694. The predicted octanol–water partition coefficient (Wildman–Crippen LogP) is 0.777. The fourth-order valence-corrected chi connectivity index (χ4v) is 3.14. The molecule has 5 nitrogen and oxygen atoms in total. The van der Waals surface area contributed by atoms with Crippen LogP contribution in [0.4, 0.5) is 0 Å². The number of hydrogen-bond donors (Lipinski definition) is 0. The van der Waals surface area contributed by atoms with Gasteiger partial charge in [0.15, 0.2) is 5.79 Å². The molecule has 3 aliphatic heterocycles. The number of piperidine rings is 1. The standard InChI is InChI=1S/C13H21NO4/c1-10-11(2-7-16-10)12(15)14-5-3-13(4-6-14)17-8-9-18-13/h10-11H,2-9H2,1H3. The number of ether oxygens (including phenoxy) is 3. The maximum Gasteiger partial charge on any atom is 0.228 e. The van der Waals surface area contributed by atoms with Crippen LogP contribution >= 0.6 is 0 Å². The van der Waals surface area contributed by atoms with Crippen molar-refractivity contribution in [1.29, 1.82) is 0 Å². The maximum absolute atomic E-state index is 12.4. The summed E-state index contributed by atoms with van der Waals surface area (Å²) in [5.74, 6) is -0.105. The summed E-state index contributed by atoms with van der Waals surface area (Å²) in [4.78, 5) is 14.3. The lowest BCUT2D eigenvalue weighted by Crippen LogP contribution is -2.49. The minimum absolute atomic E-state index is 0.0458. The number of carbonyl (C=O) groups excluding carboxylic acids is 1. The van der Waals surface area contributed by atoms with E-state index in [0.29, 0.717) is 19.8 Å². The van der Waals surface area contributed by atoms with Gasteiger partial charge in [-0.25, -0.2) is 0 Å². The summed E-state index contributed by atoms with van der Waals surface area (Å²) >= 11 is 0. The first-order chi connectivity index (χ1) is 8.70. The van der Waals surface area contributed by atoms with Crippen molar-refractivity contribution >= 4 is 5.91 Å². The Hall–Kier alpha value is -0.650. The van der Waals surface area contributed by atoms with E-state index in [9.17, 15) is 4.79 Å². The Morgan fingerprint density at radius 1 is 1.17 bits per heavy atom. The third-order valence-corrected chi connectivity index (χ3v) is 4.34. The Morgan fingerprint density at radius 2 is 1.83 bits per heavy atom. The van der Waals surface area contributed by atoms with Crippen LogP contribution in [-0.2, 0) is 19.0 Å². The smallest absolute Gasteiger partial charge is 0.228 e. The predicted molar refractivity (Wildman–Crippen MR) is 64.0 cm³/mol. The van der Waals surface area contributed by atoms with E-state index in [-0.39, 0.29) is 17.9 Å². The van der Waals surface area contributed by atoms with Crippen molar-refractivity contribution in [3.63, 3.8) is 0 Å². The van der Waals surface area contributed by atoms with Gasteiger partial charge in [0.25, 0.3) is 0 Å². The molecule has 0 bridgehead atoms. The number of amides is 1. The molecule has 3 aliphatic rings. The Labute approximate surface area is 107 Å². The molecule has 3 fully saturated rings. The Bertz CT molecular complexity index is 317. The van der Waals surface area contributed by atoms with Crippen LogP contribution in [0.25, 0.3) is 0 Å². The Kier molecular flexibility index (Phi) is 3.30. The van der Waals surface area contributed by atoms with Gasteiger partial charge in [0, 0.05) is 32.5 Å². The number of rotatable bonds is 1. The second-order valence-corrected chi connectivity index (χ2v) is 5.40. The van der Waals surface area contributed by atoms with E-state index in [1.165, 1.54) is 0 Å². The molecule has 0 aromatic heterocycles. The molecule has 1 spiro atoms. The van der Waals surface area contributed by atoms with Gasteiger partial charge in [-0.05, 0) is 13.3 Å². The van der Waals surface area contributed by atoms with Crippen molar-refractivity contribution in [2.75, 3.05) is 32.9 Å². The summed E-state index contributed by atoms with van der Waals surface area (Å²) in [5, 5.41) is 0. The molecule has 0 N–H and O–H groups in total. The van der Waals surface area contributed by atoms with Gasteiger partial charge >= 0.3 is 0 Å². The minimum Gasteiger partial charge on any atom is -0.378 e. The van der Waals surface area contributed by atoms with Gasteiger partial charge in [0.1, 0.15) is 0 Å². The van der Waals surface area contributed by atoms with Gasteiger partial charge in [-0.2, -0.15) is 0 Å². The zero-order valence-corrected chi connectivity index (χ0v) is 10.9. The highest BCUT2D eigenvalue weighted by atomic mass is 16.7. The minimum atomic E-state index is -0.394. The topological polar surface area (TPSA) is 48.0 Å². The van der Waals surface area contributed by atoms with Crippen LogP contribution in [0, 0.1) is 5.92 Å².